The zero-order valence-electron chi connectivity index (χ0n) is 20.3. The summed E-state index contributed by atoms with van der Waals surface area (Å²) in [6.45, 7) is 2.09. The lowest BCUT2D eigenvalue weighted by Crippen LogP contribution is -2.29. The number of rotatable bonds is 14. The van der Waals surface area contributed by atoms with Gasteiger partial charge in [-0.1, -0.05) is 25.0 Å². The van der Waals surface area contributed by atoms with Crippen molar-refractivity contribution in [2.45, 2.75) is 56.5 Å². The first kappa shape index (κ1) is 25.6. The predicted octanol–water partition coefficient (Wildman–Crippen LogP) is 3.92. The summed E-state index contributed by atoms with van der Waals surface area (Å²) in [6.07, 6.45) is 6.11. The highest BCUT2D eigenvalue weighted by molar-refractivity contribution is 5.58. The molecule has 0 bridgehead atoms. The van der Waals surface area contributed by atoms with Crippen molar-refractivity contribution < 1.29 is 19.3 Å². The van der Waals surface area contributed by atoms with Crippen LogP contribution in [0.5, 0.6) is 5.75 Å². The Bertz CT molecular complexity index is 834. The lowest BCUT2D eigenvalue weighted by molar-refractivity contribution is 0.108. The molecule has 0 spiro atoms. The molecule has 0 saturated heterocycles. The SMILES string of the molecule is CNCC(O)COc1cccc(-c2nc(C3CCCC3)cc(C(CCOC)CCOC)n2)c1. The number of hydrogen-bond donors (Lipinski definition) is 2. The van der Waals surface area contributed by atoms with E-state index in [1.165, 1.54) is 25.7 Å². The topological polar surface area (TPSA) is 85.7 Å². The molecule has 182 valence electrons. The second-order valence-electron chi connectivity index (χ2n) is 8.83. The molecule has 1 aromatic carbocycles. The van der Waals surface area contributed by atoms with E-state index in [4.69, 9.17) is 24.2 Å². The Kier molecular flexibility index (Phi) is 10.5. The number of aromatic nitrogens is 2. The molecule has 33 heavy (non-hydrogen) atoms. The van der Waals surface area contributed by atoms with E-state index in [2.05, 4.69) is 11.4 Å². The summed E-state index contributed by atoms with van der Waals surface area (Å²) in [7, 11) is 5.28. The molecule has 0 amide bonds. The van der Waals surface area contributed by atoms with Crippen LogP contribution in [0.25, 0.3) is 11.4 Å². The van der Waals surface area contributed by atoms with Gasteiger partial charge in [-0.2, -0.15) is 0 Å². The summed E-state index contributed by atoms with van der Waals surface area (Å²) in [5, 5.41) is 12.9. The van der Waals surface area contributed by atoms with E-state index < -0.39 is 6.10 Å². The Morgan fingerprint density at radius 1 is 1.06 bits per heavy atom. The van der Waals surface area contributed by atoms with Gasteiger partial charge in [0.25, 0.3) is 0 Å². The Morgan fingerprint density at radius 3 is 2.45 bits per heavy atom. The minimum atomic E-state index is -0.561. The number of ether oxygens (including phenoxy) is 3. The van der Waals surface area contributed by atoms with Crippen LogP contribution in [0.1, 0.15) is 61.7 Å². The minimum absolute atomic E-state index is 0.231. The number of benzene rings is 1. The third-order valence-corrected chi connectivity index (χ3v) is 6.27. The van der Waals surface area contributed by atoms with Crippen molar-refractivity contribution in [2.24, 2.45) is 0 Å². The van der Waals surface area contributed by atoms with Crippen LogP contribution in [-0.4, -0.2) is 68.8 Å². The van der Waals surface area contributed by atoms with Crippen molar-refractivity contribution >= 4 is 0 Å². The molecular weight excluding hydrogens is 418 g/mol. The molecule has 1 fully saturated rings. The molecule has 1 aromatic heterocycles. The smallest absolute Gasteiger partial charge is 0.159 e. The number of likely N-dealkylation sites (N-methyl/N-ethyl adjacent to an activating group) is 1. The lowest BCUT2D eigenvalue weighted by atomic mass is 9.94. The first-order chi connectivity index (χ1) is 16.1. The van der Waals surface area contributed by atoms with Gasteiger partial charge in [0.05, 0.1) is 0 Å². The van der Waals surface area contributed by atoms with Crippen molar-refractivity contribution in [1.82, 2.24) is 15.3 Å². The number of methoxy groups -OCH3 is 2. The third kappa shape index (κ3) is 7.74. The maximum absolute atomic E-state index is 9.96. The summed E-state index contributed by atoms with van der Waals surface area (Å²) in [5.74, 6) is 2.18. The maximum atomic E-state index is 9.96. The maximum Gasteiger partial charge on any atom is 0.159 e. The first-order valence-electron chi connectivity index (χ1n) is 12.1. The van der Waals surface area contributed by atoms with E-state index in [0.29, 0.717) is 31.4 Å². The molecule has 1 atom stereocenters. The quantitative estimate of drug-likeness (QED) is 0.445. The number of hydrogen-bond acceptors (Lipinski definition) is 7. The van der Waals surface area contributed by atoms with Crippen LogP contribution in [0.3, 0.4) is 0 Å². The summed E-state index contributed by atoms with van der Waals surface area (Å²) >= 11 is 0. The molecule has 7 nitrogen and oxygen atoms in total. The fourth-order valence-corrected chi connectivity index (χ4v) is 4.43. The van der Waals surface area contributed by atoms with Crippen molar-refractivity contribution in [3.63, 3.8) is 0 Å². The fourth-order valence-electron chi connectivity index (χ4n) is 4.43. The van der Waals surface area contributed by atoms with Gasteiger partial charge < -0.3 is 24.6 Å². The summed E-state index contributed by atoms with van der Waals surface area (Å²) < 4.78 is 16.6. The molecule has 7 heteroatoms. The van der Waals surface area contributed by atoms with Crippen LogP contribution >= 0.6 is 0 Å². The molecule has 3 rings (SSSR count). The molecule has 1 saturated carbocycles. The number of nitrogens with zero attached hydrogens (tertiary/aromatic N) is 2. The third-order valence-electron chi connectivity index (χ3n) is 6.27. The largest absolute Gasteiger partial charge is 0.491 e. The van der Waals surface area contributed by atoms with Gasteiger partial charge in [0, 0.05) is 62.8 Å². The van der Waals surface area contributed by atoms with Crippen molar-refractivity contribution in [3.05, 3.63) is 41.7 Å². The van der Waals surface area contributed by atoms with E-state index in [0.717, 1.165) is 35.6 Å². The van der Waals surface area contributed by atoms with E-state index in [1.54, 1.807) is 14.2 Å². The average Bonchev–Trinajstić information content (AvgIpc) is 3.38. The second kappa shape index (κ2) is 13.6. The Labute approximate surface area is 197 Å². The number of nitrogens with one attached hydrogen (secondary N) is 1. The predicted molar refractivity (Wildman–Crippen MR) is 130 cm³/mol. The van der Waals surface area contributed by atoms with Gasteiger partial charge in [0.2, 0.25) is 0 Å². The van der Waals surface area contributed by atoms with Gasteiger partial charge in [-0.15, -0.1) is 0 Å². The molecule has 1 heterocycles. The van der Waals surface area contributed by atoms with E-state index in [1.807, 2.05) is 31.3 Å². The zero-order chi connectivity index (χ0) is 23.5. The molecule has 0 aliphatic heterocycles. The summed E-state index contributed by atoms with van der Waals surface area (Å²) in [4.78, 5) is 10.0. The highest BCUT2D eigenvalue weighted by Crippen LogP contribution is 2.36. The van der Waals surface area contributed by atoms with Gasteiger partial charge in [-0.05, 0) is 50.9 Å². The van der Waals surface area contributed by atoms with E-state index >= 15 is 0 Å². The second-order valence-corrected chi connectivity index (χ2v) is 8.83. The minimum Gasteiger partial charge on any atom is -0.491 e. The molecule has 2 aromatic rings. The van der Waals surface area contributed by atoms with Crippen molar-refractivity contribution in [2.75, 3.05) is 47.6 Å². The van der Waals surface area contributed by atoms with Crippen LogP contribution < -0.4 is 10.1 Å². The van der Waals surface area contributed by atoms with Gasteiger partial charge in [-0.25, -0.2) is 9.97 Å². The molecule has 2 N–H and O–H groups in total. The van der Waals surface area contributed by atoms with Crippen LogP contribution in [0.2, 0.25) is 0 Å². The highest BCUT2D eigenvalue weighted by Gasteiger charge is 2.23. The fraction of sp³-hybridized carbons (Fsp3) is 0.615. The molecule has 1 aliphatic rings. The molecule has 1 unspecified atom stereocenters. The molecular formula is C26H39N3O4. The van der Waals surface area contributed by atoms with Crippen molar-refractivity contribution in [3.8, 4) is 17.1 Å². The lowest BCUT2D eigenvalue weighted by Gasteiger charge is -2.19. The zero-order valence-corrected chi connectivity index (χ0v) is 20.3. The highest BCUT2D eigenvalue weighted by atomic mass is 16.5. The average molecular weight is 458 g/mol. The van der Waals surface area contributed by atoms with Crippen molar-refractivity contribution in [1.29, 1.82) is 0 Å². The number of aliphatic hydroxyl groups is 1. The van der Waals surface area contributed by atoms with Crippen LogP contribution in [-0.2, 0) is 9.47 Å². The summed E-state index contributed by atoms with van der Waals surface area (Å²) in [6, 6.07) is 10.0. The van der Waals surface area contributed by atoms with Gasteiger partial charge >= 0.3 is 0 Å². The Balaban J connectivity index is 1.90. The standard InChI is InChI=1S/C26H39N3O4/c1-27-17-22(30)18-33-23-10-6-9-21(15-23)26-28-24(19-7-4-5-8-19)16-25(29-26)20(11-13-31-2)12-14-32-3/h6,9-10,15-16,19-20,22,27,30H,4-5,7-8,11-14,17-18H2,1-3H3. The van der Waals surface area contributed by atoms with E-state index in [-0.39, 0.29) is 12.5 Å². The molecule has 0 radical (unpaired) electrons. The van der Waals surface area contributed by atoms with Crippen LogP contribution in [0.4, 0.5) is 0 Å². The van der Waals surface area contributed by atoms with Crippen LogP contribution in [0.15, 0.2) is 30.3 Å². The Hall–Kier alpha value is -2.06. The normalized spacial score (nSPS) is 15.3. The molecule has 1 aliphatic carbocycles. The summed E-state index contributed by atoms with van der Waals surface area (Å²) in [5.41, 5.74) is 3.13. The number of aliphatic hydroxyl groups excluding tert-OH is 1. The van der Waals surface area contributed by atoms with Gasteiger partial charge in [0.15, 0.2) is 5.82 Å². The van der Waals surface area contributed by atoms with Gasteiger partial charge in [0.1, 0.15) is 18.5 Å². The Morgan fingerprint density at radius 2 is 1.79 bits per heavy atom. The van der Waals surface area contributed by atoms with Gasteiger partial charge in [-0.3, -0.25) is 0 Å². The monoisotopic (exact) mass is 457 g/mol. The van der Waals surface area contributed by atoms with E-state index in [9.17, 15) is 5.11 Å². The first-order valence-corrected chi connectivity index (χ1v) is 12.1. The van der Waals surface area contributed by atoms with Crippen LogP contribution in [0, 0.1) is 0 Å².